The van der Waals surface area contributed by atoms with Gasteiger partial charge in [0.25, 0.3) is 0 Å². The fourth-order valence-corrected chi connectivity index (χ4v) is 2.46. The van der Waals surface area contributed by atoms with Crippen LogP contribution in [-0.2, 0) is 4.79 Å². The average Bonchev–Trinajstić information content (AvgIpc) is 2.35. The summed E-state index contributed by atoms with van der Waals surface area (Å²) < 4.78 is 0. The second kappa shape index (κ2) is 7.10. The molecule has 94 valence electrons. The van der Waals surface area contributed by atoms with Crippen molar-refractivity contribution in [2.75, 3.05) is 0 Å². The Morgan fingerprint density at radius 1 is 1.29 bits per heavy atom. The fourth-order valence-electron chi connectivity index (χ4n) is 2.46. The molecule has 0 bridgehead atoms. The number of hydrogen-bond acceptors (Lipinski definition) is 1. The van der Waals surface area contributed by atoms with E-state index in [1.165, 1.54) is 43.8 Å². The van der Waals surface area contributed by atoms with Crippen LogP contribution in [0.3, 0.4) is 0 Å². The van der Waals surface area contributed by atoms with E-state index in [9.17, 15) is 4.79 Å². The van der Waals surface area contributed by atoms with Gasteiger partial charge in [-0.3, -0.25) is 4.79 Å². The van der Waals surface area contributed by atoms with Crippen LogP contribution >= 0.6 is 0 Å². The molecule has 1 aliphatic rings. The molecule has 2 nitrogen and oxygen atoms in total. The molecule has 0 radical (unpaired) electrons. The molecule has 0 heterocycles. The van der Waals surface area contributed by atoms with E-state index >= 15 is 0 Å². The Morgan fingerprint density at radius 2 is 1.94 bits per heavy atom. The molecule has 0 saturated heterocycles. The Bertz CT molecular complexity index is 333. The quantitative estimate of drug-likeness (QED) is 0.573. The normalized spacial score (nSPS) is 19.1. The van der Waals surface area contributed by atoms with Crippen molar-refractivity contribution in [1.29, 1.82) is 0 Å². The Morgan fingerprint density at radius 3 is 2.41 bits per heavy atom. The van der Waals surface area contributed by atoms with Gasteiger partial charge in [0.1, 0.15) is 0 Å². The van der Waals surface area contributed by atoms with E-state index in [0.717, 1.165) is 6.42 Å². The molecule has 0 aromatic heterocycles. The van der Waals surface area contributed by atoms with Gasteiger partial charge in [-0.25, -0.2) is 0 Å². The van der Waals surface area contributed by atoms with E-state index in [4.69, 9.17) is 5.73 Å². The predicted molar refractivity (Wildman–Crippen MR) is 72.4 cm³/mol. The highest BCUT2D eigenvalue weighted by atomic mass is 16.1. The first kappa shape index (κ1) is 13.8. The molecular weight excluding hydrogens is 210 g/mol. The second-order valence-corrected chi connectivity index (χ2v) is 4.62. The molecule has 0 aliphatic heterocycles. The SMILES string of the molecule is C=C/C(=C\C=C(/CC)C1CCCCC1)C(N)=O. The van der Waals surface area contributed by atoms with Crippen molar-refractivity contribution in [3.63, 3.8) is 0 Å². The monoisotopic (exact) mass is 233 g/mol. The fraction of sp³-hybridized carbons (Fsp3) is 0.533. The number of rotatable bonds is 5. The number of carbonyl (C=O) groups excluding carboxylic acids is 1. The van der Waals surface area contributed by atoms with Crippen molar-refractivity contribution >= 4 is 5.91 Å². The van der Waals surface area contributed by atoms with Gasteiger partial charge in [-0.15, -0.1) is 0 Å². The first-order valence-electron chi connectivity index (χ1n) is 6.52. The summed E-state index contributed by atoms with van der Waals surface area (Å²) in [5.74, 6) is 0.291. The van der Waals surface area contributed by atoms with Crippen LogP contribution in [0.4, 0.5) is 0 Å². The van der Waals surface area contributed by atoms with E-state index in [0.29, 0.717) is 11.5 Å². The maximum absolute atomic E-state index is 11.1. The average molecular weight is 233 g/mol. The standard InChI is InChI=1S/C15H23NO/c1-3-12(14-8-6-5-7-9-14)10-11-13(4-2)15(16)17/h4,10-11,14H,2-3,5-9H2,1H3,(H2,16,17)/b12-10+,13-11+. The zero-order valence-electron chi connectivity index (χ0n) is 10.7. The molecule has 1 saturated carbocycles. The zero-order valence-corrected chi connectivity index (χ0v) is 10.7. The van der Waals surface area contributed by atoms with Gasteiger partial charge >= 0.3 is 0 Å². The van der Waals surface area contributed by atoms with Crippen molar-refractivity contribution in [3.05, 3.63) is 36.0 Å². The maximum atomic E-state index is 11.1. The molecular formula is C15H23NO. The Labute approximate surface area is 104 Å². The molecule has 0 unspecified atom stereocenters. The van der Waals surface area contributed by atoms with Crippen LogP contribution in [0.25, 0.3) is 0 Å². The molecule has 17 heavy (non-hydrogen) atoms. The predicted octanol–water partition coefficient (Wildman–Crippen LogP) is 3.50. The van der Waals surface area contributed by atoms with Gasteiger partial charge in [-0.05, 0) is 31.3 Å². The molecule has 0 spiro atoms. The molecule has 0 aromatic carbocycles. The first-order chi connectivity index (χ1) is 8.19. The third-order valence-corrected chi connectivity index (χ3v) is 3.52. The van der Waals surface area contributed by atoms with Gasteiger partial charge in [0, 0.05) is 5.57 Å². The van der Waals surface area contributed by atoms with Crippen molar-refractivity contribution in [1.82, 2.24) is 0 Å². The Balaban J connectivity index is 2.77. The Hall–Kier alpha value is -1.31. The number of carbonyl (C=O) groups is 1. The van der Waals surface area contributed by atoms with E-state index in [1.54, 1.807) is 0 Å². The summed E-state index contributed by atoms with van der Waals surface area (Å²) in [5.41, 5.74) is 7.17. The minimum atomic E-state index is -0.407. The van der Waals surface area contributed by atoms with Crippen LogP contribution in [0.1, 0.15) is 45.4 Å². The molecule has 2 N–H and O–H groups in total. The molecule has 1 aliphatic carbocycles. The third kappa shape index (κ3) is 4.22. The molecule has 1 amide bonds. The summed E-state index contributed by atoms with van der Waals surface area (Å²) in [7, 11) is 0. The van der Waals surface area contributed by atoms with Gasteiger partial charge in [0.15, 0.2) is 0 Å². The van der Waals surface area contributed by atoms with E-state index in [1.807, 2.05) is 6.08 Å². The molecule has 2 heteroatoms. The van der Waals surface area contributed by atoms with Gasteiger partial charge < -0.3 is 5.73 Å². The number of amides is 1. The lowest BCUT2D eigenvalue weighted by atomic mass is 9.82. The van der Waals surface area contributed by atoms with Crippen LogP contribution < -0.4 is 5.73 Å². The smallest absolute Gasteiger partial charge is 0.248 e. The second-order valence-electron chi connectivity index (χ2n) is 4.62. The third-order valence-electron chi connectivity index (χ3n) is 3.52. The van der Waals surface area contributed by atoms with Crippen LogP contribution in [0.2, 0.25) is 0 Å². The minimum absolute atomic E-state index is 0.407. The Kier molecular flexibility index (Phi) is 5.75. The highest BCUT2D eigenvalue weighted by Crippen LogP contribution is 2.31. The van der Waals surface area contributed by atoms with E-state index in [2.05, 4.69) is 19.6 Å². The summed E-state index contributed by atoms with van der Waals surface area (Å²) in [6, 6.07) is 0. The molecule has 0 aromatic rings. The van der Waals surface area contributed by atoms with Crippen LogP contribution in [0, 0.1) is 5.92 Å². The van der Waals surface area contributed by atoms with E-state index in [-0.39, 0.29) is 0 Å². The van der Waals surface area contributed by atoms with Gasteiger partial charge in [-0.2, -0.15) is 0 Å². The van der Waals surface area contributed by atoms with Crippen molar-refractivity contribution < 1.29 is 4.79 Å². The van der Waals surface area contributed by atoms with Crippen LogP contribution in [0.15, 0.2) is 36.0 Å². The molecule has 1 fully saturated rings. The highest BCUT2D eigenvalue weighted by Gasteiger charge is 2.15. The lowest BCUT2D eigenvalue weighted by molar-refractivity contribution is -0.114. The number of nitrogens with two attached hydrogens (primary N) is 1. The summed E-state index contributed by atoms with van der Waals surface area (Å²) in [6.07, 6.45) is 13.0. The van der Waals surface area contributed by atoms with Crippen molar-refractivity contribution in [2.45, 2.75) is 45.4 Å². The zero-order chi connectivity index (χ0) is 12.7. The van der Waals surface area contributed by atoms with Gasteiger partial charge in [0.2, 0.25) is 5.91 Å². The lowest BCUT2D eigenvalue weighted by Crippen LogP contribution is -2.12. The maximum Gasteiger partial charge on any atom is 0.248 e. The molecule has 1 rings (SSSR count). The van der Waals surface area contributed by atoms with Crippen LogP contribution in [-0.4, -0.2) is 5.91 Å². The first-order valence-corrected chi connectivity index (χ1v) is 6.52. The number of primary amides is 1. The molecule has 0 atom stereocenters. The highest BCUT2D eigenvalue weighted by molar-refractivity contribution is 5.94. The largest absolute Gasteiger partial charge is 0.366 e. The van der Waals surface area contributed by atoms with Crippen molar-refractivity contribution in [3.8, 4) is 0 Å². The summed E-state index contributed by atoms with van der Waals surface area (Å²) in [5, 5.41) is 0. The van der Waals surface area contributed by atoms with E-state index < -0.39 is 5.91 Å². The topological polar surface area (TPSA) is 43.1 Å². The summed E-state index contributed by atoms with van der Waals surface area (Å²) in [4.78, 5) is 11.1. The van der Waals surface area contributed by atoms with Crippen molar-refractivity contribution in [2.24, 2.45) is 11.7 Å². The lowest BCUT2D eigenvalue weighted by Gasteiger charge is -2.23. The number of hydrogen-bond donors (Lipinski definition) is 1. The summed E-state index contributed by atoms with van der Waals surface area (Å²) >= 11 is 0. The van der Waals surface area contributed by atoms with Gasteiger partial charge in [0.05, 0.1) is 0 Å². The van der Waals surface area contributed by atoms with Crippen LogP contribution in [0.5, 0.6) is 0 Å². The number of allylic oxidation sites excluding steroid dienone is 3. The summed E-state index contributed by atoms with van der Waals surface area (Å²) in [6.45, 7) is 5.77. The van der Waals surface area contributed by atoms with Gasteiger partial charge in [-0.1, -0.05) is 50.5 Å². The minimum Gasteiger partial charge on any atom is -0.366 e.